The van der Waals surface area contributed by atoms with Crippen LogP contribution in [-0.4, -0.2) is 123 Å². The Labute approximate surface area is 236 Å². The highest BCUT2D eigenvalue weighted by atomic mass is 16.8. The highest BCUT2D eigenvalue weighted by Crippen LogP contribution is 2.35. The molecule has 2 aliphatic heterocycles. The lowest BCUT2D eigenvalue weighted by Gasteiger charge is -2.24. The molecule has 2 saturated heterocycles. The maximum absolute atomic E-state index is 11.1. The van der Waals surface area contributed by atoms with Crippen LogP contribution in [0.2, 0.25) is 0 Å². The third-order valence-electron chi connectivity index (χ3n) is 7.06. The van der Waals surface area contributed by atoms with Crippen LogP contribution in [0.3, 0.4) is 0 Å². The predicted molar refractivity (Wildman–Crippen MR) is 139 cm³/mol. The lowest BCUT2D eigenvalue weighted by atomic mass is 10.1. The Bertz CT molecular complexity index is 1540. The summed E-state index contributed by atoms with van der Waals surface area (Å²) in [6, 6.07) is 0. The zero-order valence-electron chi connectivity index (χ0n) is 22.4. The largest absolute Gasteiger partial charge is 0.386 e. The van der Waals surface area contributed by atoms with Crippen LogP contribution in [-0.2, 0) is 23.7 Å². The number of anilines is 2. The molecule has 2 fully saturated rings. The molecule has 19 heteroatoms. The van der Waals surface area contributed by atoms with E-state index in [1.165, 1.54) is 29.9 Å². The molecular weight excluding hydrogens is 560 g/mol. The van der Waals surface area contributed by atoms with Gasteiger partial charge in [-0.2, -0.15) is 0 Å². The van der Waals surface area contributed by atoms with Crippen LogP contribution in [0.4, 0.5) is 11.6 Å². The second-order valence-corrected chi connectivity index (χ2v) is 9.50. The zero-order chi connectivity index (χ0) is 29.5. The van der Waals surface area contributed by atoms with E-state index < -0.39 is 55.7 Å². The van der Waals surface area contributed by atoms with E-state index in [0.717, 1.165) is 0 Å². The molecule has 0 bridgehead atoms. The maximum atomic E-state index is 11.1. The molecule has 6 heterocycles. The van der Waals surface area contributed by atoms with Crippen LogP contribution >= 0.6 is 0 Å². The number of ether oxygens (including phenoxy) is 5. The Kier molecular flexibility index (Phi) is 7.83. The SMILES string of the molecule is CCOC1C(COC(O)OC2C(O)OC(n3cnc4c(N)ncnc43)C2O)OC(n2cnc3c(NC)ncnc32)C1O. The van der Waals surface area contributed by atoms with Gasteiger partial charge < -0.3 is 55.2 Å². The van der Waals surface area contributed by atoms with E-state index in [9.17, 15) is 20.4 Å². The minimum absolute atomic E-state index is 0.132. The van der Waals surface area contributed by atoms with Crippen molar-refractivity contribution in [3.05, 3.63) is 25.3 Å². The second kappa shape index (κ2) is 11.6. The standard InChI is InChI=1S/C23H30N10O9/c1-3-38-14-9(40-20(12(14)34)33-8-31-11-17(25-2)27-6-29-19(11)33)4-39-23(37)41-15-13(35)21(42-22(15)36)32-7-30-10-16(24)26-5-28-18(10)32/h5-9,12-15,20-23,34-37H,3-4H2,1-2H3,(H2,24,26,28)(H,25,27,29). The fourth-order valence-corrected chi connectivity index (χ4v) is 5.12. The van der Waals surface area contributed by atoms with Crippen LogP contribution in [0.25, 0.3) is 22.3 Å². The second-order valence-electron chi connectivity index (χ2n) is 9.50. The number of aromatic nitrogens is 8. The molecule has 42 heavy (non-hydrogen) atoms. The number of fused-ring (bicyclic) bond motifs is 2. The Hall–Kier alpha value is -3.66. The molecule has 4 aromatic heterocycles. The topological polar surface area (TPSA) is 252 Å². The van der Waals surface area contributed by atoms with E-state index >= 15 is 0 Å². The van der Waals surface area contributed by atoms with Crippen molar-refractivity contribution in [2.45, 2.75) is 62.7 Å². The number of nitrogens with two attached hydrogens (primary N) is 1. The van der Waals surface area contributed by atoms with E-state index in [0.29, 0.717) is 17.0 Å². The van der Waals surface area contributed by atoms with Crippen molar-refractivity contribution >= 4 is 34.0 Å². The normalized spacial score (nSPS) is 30.4. The first-order valence-corrected chi connectivity index (χ1v) is 13.0. The first-order chi connectivity index (χ1) is 20.3. The summed E-state index contributed by atoms with van der Waals surface area (Å²) in [6.45, 7) is -0.170. The Morgan fingerprint density at radius 3 is 2.29 bits per heavy atom. The number of nitrogen functional groups attached to an aromatic ring is 1. The molecule has 9 atom stereocenters. The number of nitrogens with zero attached hydrogens (tertiary/aromatic N) is 8. The number of nitrogens with one attached hydrogen (secondary N) is 1. The average Bonchev–Trinajstić information content (AvgIpc) is 3.74. The van der Waals surface area contributed by atoms with Gasteiger partial charge in [-0.25, -0.2) is 29.9 Å². The van der Waals surface area contributed by atoms with Crippen molar-refractivity contribution in [1.29, 1.82) is 0 Å². The molecule has 0 saturated carbocycles. The van der Waals surface area contributed by atoms with Gasteiger partial charge in [0.1, 0.15) is 54.2 Å². The minimum atomic E-state index is -1.92. The monoisotopic (exact) mass is 590 g/mol. The van der Waals surface area contributed by atoms with Gasteiger partial charge in [0.05, 0.1) is 19.3 Å². The van der Waals surface area contributed by atoms with E-state index in [1.807, 2.05) is 0 Å². The van der Waals surface area contributed by atoms with E-state index in [2.05, 4.69) is 35.2 Å². The van der Waals surface area contributed by atoms with Gasteiger partial charge in [-0.3, -0.25) is 9.13 Å². The highest BCUT2D eigenvalue weighted by Gasteiger charge is 2.48. The van der Waals surface area contributed by atoms with Gasteiger partial charge in [0.15, 0.2) is 41.7 Å². The van der Waals surface area contributed by atoms with Crippen molar-refractivity contribution in [3.8, 4) is 0 Å². The quantitative estimate of drug-likeness (QED) is 0.108. The molecule has 4 aromatic rings. The fraction of sp³-hybridized carbons (Fsp3) is 0.565. The van der Waals surface area contributed by atoms with Crippen molar-refractivity contribution in [3.63, 3.8) is 0 Å². The average molecular weight is 591 g/mol. The van der Waals surface area contributed by atoms with Crippen molar-refractivity contribution in [2.75, 3.05) is 31.3 Å². The first kappa shape index (κ1) is 28.5. The lowest BCUT2D eigenvalue weighted by molar-refractivity contribution is -0.312. The summed E-state index contributed by atoms with van der Waals surface area (Å²) in [7, 11) is 1.70. The highest BCUT2D eigenvalue weighted by molar-refractivity contribution is 5.82. The third-order valence-corrected chi connectivity index (χ3v) is 7.06. The molecule has 0 radical (unpaired) electrons. The van der Waals surface area contributed by atoms with Crippen molar-refractivity contribution < 1.29 is 44.1 Å². The number of imidazole rings is 2. The smallest absolute Gasteiger partial charge is 0.269 e. The molecule has 0 spiro atoms. The Morgan fingerprint density at radius 1 is 0.929 bits per heavy atom. The van der Waals surface area contributed by atoms with Gasteiger partial charge in [0, 0.05) is 13.7 Å². The van der Waals surface area contributed by atoms with Gasteiger partial charge in [0.25, 0.3) is 6.48 Å². The molecule has 2 aliphatic rings. The van der Waals surface area contributed by atoms with Gasteiger partial charge in [0.2, 0.25) is 0 Å². The Morgan fingerprint density at radius 2 is 1.57 bits per heavy atom. The summed E-state index contributed by atoms with van der Waals surface area (Å²) in [6.07, 6.45) is -4.05. The first-order valence-electron chi connectivity index (χ1n) is 13.0. The number of rotatable bonds is 10. The van der Waals surface area contributed by atoms with Gasteiger partial charge in [-0.1, -0.05) is 0 Å². The van der Waals surface area contributed by atoms with E-state index in [-0.39, 0.29) is 30.2 Å². The van der Waals surface area contributed by atoms with Gasteiger partial charge in [-0.15, -0.1) is 0 Å². The summed E-state index contributed by atoms with van der Waals surface area (Å²) in [5.41, 5.74) is 7.29. The lowest BCUT2D eigenvalue weighted by Crippen LogP contribution is -2.41. The summed E-state index contributed by atoms with van der Waals surface area (Å²) in [5.74, 6) is 0.640. The molecule has 226 valence electrons. The van der Waals surface area contributed by atoms with E-state index in [1.54, 1.807) is 18.5 Å². The van der Waals surface area contributed by atoms with Gasteiger partial charge in [-0.05, 0) is 6.92 Å². The van der Waals surface area contributed by atoms with Crippen LogP contribution in [0.15, 0.2) is 25.3 Å². The van der Waals surface area contributed by atoms with Crippen LogP contribution in [0.5, 0.6) is 0 Å². The van der Waals surface area contributed by atoms with Crippen molar-refractivity contribution in [2.24, 2.45) is 0 Å². The molecule has 0 aliphatic carbocycles. The van der Waals surface area contributed by atoms with Crippen molar-refractivity contribution in [1.82, 2.24) is 39.0 Å². The molecule has 6 rings (SSSR count). The number of aliphatic hydroxyl groups excluding tert-OH is 4. The van der Waals surface area contributed by atoms with Crippen LogP contribution in [0.1, 0.15) is 19.4 Å². The molecule has 7 N–H and O–H groups in total. The molecular formula is C23H30N10O9. The molecule has 9 unspecified atom stereocenters. The number of hydrogen-bond donors (Lipinski definition) is 6. The summed E-state index contributed by atoms with van der Waals surface area (Å²) in [4.78, 5) is 24.8. The summed E-state index contributed by atoms with van der Waals surface area (Å²) >= 11 is 0. The van der Waals surface area contributed by atoms with Crippen LogP contribution in [0, 0.1) is 0 Å². The molecule has 0 amide bonds. The number of hydrogen-bond acceptors (Lipinski definition) is 17. The fourth-order valence-electron chi connectivity index (χ4n) is 5.12. The summed E-state index contributed by atoms with van der Waals surface area (Å²) in [5, 5.41) is 45.8. The zero-order valence-corrected chi connectivity index (χ0v) is 22.4. The van der Waals surface area contributed by atoms with Crippen LogP contribution < -0.4 is 11.1 Å². The maximum Gasteiger partial charge on any atom is 0.269 e. The molecule has 0 aromatic carbocycles. The summed E-state index contributed by atoms with van der Waals surface area (Å²) < 4.78 is 31.0. The Balaban J connectivity index is 1.12. The third kappa shape index (κ3) is 4.89. The van der Waals surface area contributed by atoms with E-state index in [4.69, 9.17) is 29.4 Å². The van der Waals surface area contributed by atoms with Gasteiger partial charge >= 0.3 is 0 Å². The number of aliphatic hydroxyl groups is 4. The minimum Gasteiger partial charge on any atom is -0.386 e. The predicted octanol–water partition coefficient (Wildman–Crippen LogP) is -2.16. The molecule has 19 nitrogen and oxygen atoms in total.